The Balaban J connectivity index is 2.01. The van der Waals surface area contributed by atoms with Crippen LogP contribution in [0.1, 0.15) is 39.0 Å². The third kappa shape index (κ3) is 1.56. The lowest BCUT2D eigenvalue weighted by molar-refractivity contribution is -0.0303. The summed E-state index contributed by atoms with van der Waals surface area (Å²) >= 11 is 0. The van der Waals surface area contributed by atoms with Crippen molar-refractivity contribution in [3.8, 4) is 0 Å². The third-order valence-corrected chi connectivity index (χ3v) is 3.23. The van der Waals surface area contributed by atoms with E-state index in [1.54, 1.807) is 0 Å². The van der Waals surface area contributed by atoms with Crippen molar-refractivity contribution in [3.63, 3.8) is 0 Å². The van der Waals surface area contributed by atoms with Crippen LogP contribution in [0.15, 0.2) is 12.2 Å². The molecule has 1 aliphatic heterocycles. The van der Waals surface area contributed by atoms with Gasteiger partial charge in [-0.05, 0) is 38.0 Å². The van der Waals surface area contributed by atoms with E-state index in [2.05, 4.69) is 19.1 Å². The molecule has 0 aromatic heterocycles. The first-order valence-electron chi connectivity index (χ1n) is 5.10. The van der Waals surface area contributed by atoms with Gasteiger partial charge in [0, 0.05) is 0 Å². The van der Waals surface area contributed by atoms with Crippen LogP contribution in [-0.4, -0.2) is 12.2 Å². The first kappa shape index (κ1) is 8.31. The molecule has 1 heteroatoms. The molecule has 12 heavy (non-hydrogen) atoms. The lowest BCUT2D eigenvalue weighted by Crippen LogP contribution is -2.28. The normalized spacial score (nSPS) is 41.9. The van der Waals surface area contributed by atoms with Gasteiger partial charge in [-0.15, -0.1) is 0 Å². The Hall–Kier alpha value is -0.300. The Morgan fingerprint density at radius 3 is 3.00 bits per heavy atom. The fourth-order valence-corrected chi connectivity index (χ4v) is 2.54. The van der Waals surface area contributed by atoms with Gasteiger partial charge in [0.25, 0.3) is 0 Å². The lowest BCUT2D eigenvalue weighted by Gasteiger charge is -2.27. The quantitative estimate of drug-likeness (QED) is 0.503. The van der Waals surface area contributed by atoms with Crippen LogP contribution in [0.2, 0.25) is 0 Å². The first-order chi connectivity index (χ1) is 5.81. The lowest BCUT2D eigenvalue weighted by atomic mass is 9.95. The third-order valence-electron chi connectivity index (χ3n) is 3.23. The summed E-state index contributed by atoms with van der Waals surface area (Å²) in [6.45, 7) is 3.18. The Bertz CT molecular complexity index is 173. The summed E-state index contributed by atoms with van der Waals surface area (Å²) in [6.07, 6.45) is 10.8. The van der Waals surface area contributed by atoms with E-state index in [0.717, 1.165) is 12.5 Å². The molecular weight excluding hydrogens is 148 g/mol. The summed E-state index contributed by atoms with van der Waals surface area (Å²) in [5.74, 6) is 0.878. The molecule has 0 radical (unpaired) electrons. The molecule has 1 heterocycles. The average Bonchev–Trinajstić information content (AvgIpc) is 2.30. The fraction of sp³-hybridized carbons (Fsp3) is 0.818. The van der Waals surface area contributed by atoms with E-state index in [1.807, 2.05) is 0 Å². The van der Waals surface area contributed by atoms with Crippen LogP contribution in [0.5, 0.6) is 0 Å². The van der Waals surface area contributed by atoms with Crippen LogP contribution >= 0.6 is 0 Å². The standard InChI is InChI=1S/C11H18O/c1-10-5-7-11(9-10)6-3-2-4-8-12-11/h2,4,10H,3,5-9H2,1H3/t10-,11-/m0/s1. The Morgan fingerprint density at radius 1 is 1.33 bits per heavy atom. The second kappa shape index (κ2) is 3.21. The maximum absolute atomic E-state index is 5.94. The van der Waals surface area contributed by atoms with Gasteiger partial charge in [-0.3, -0.25) is 0 Å². The van der Waals surface area contributed by atoms with Gasteiger partial charge in [0.15, 0.2) is 0 Å². The number of ether oxygens (including phenoxy) is 1. The van der Waals surface area contributed by atoms with Crippen molar-refractivity contribution in [2.24, 2.45) is 5.92 Å². The maximum Gasteiger partial charge on any atom is 0.0692 e. The molecule has 0 N–H and O–H groups in total. The van der Waals surface area contributed by atoms with Crippen LogP contribution in [-0.2, 0) is 4.74 Å². The van der Waals surface area contributed by atoms with Crippen molar-refractivity contribution < 1.29 is 4.74 Å². The van der Waals surface area contributed by atoms with Crippen molar-refractivity contribution >= 4 is 0 Å². The summed E-state index contributed by atoms with van der Waals surface area (Å²) in [5, 5.41) is 0. The van der Waals surface area contributed by atoms with Gasteiger partial charge in [0.2, 0.25) is 0 Å². The number of hydrogen-bond acceptors (Lipinski definition) is 1. The van der Waals surface area contributed by atoms with Gasteiger partial charge in [-0.25, -0.2) is 0 Å². The fourth-order valence-electron chi connectivity index (χ4n) is 2.54. The molecule has 2 atom stereocenters. The molecule has 68 valence electrons. The van der Waals surface area contributed by atoms with Gasteiger partial charge in [0.05, 0.1) is 12.2 Å². The average molecular weight is 166 g/mol. The summed E-state index contributed by atoms with van der Waals surface area (Å²) in [7, 11) is 0. The maximum atomic E-state index is 5.94. The summed E-state index contributed by atoms with van der Waals surface area (Å²) in [6, 6.07) is 0. The predicted molar refractivity (Wildman–Crippen MR) is 50.1 cm³/mol. The summed E-state index contributed by atoms with van der Waals surface area (Å²) < 4.78 is 5.94. The van der Waals surface area contributed by atoms with Crippen molar-refractivity contribution in [2.45, 2.75) is 44.6 Å². The number of rotatable bonds is 0. The molecule has 1 fully saturated rings. The molecule has 2 rings (SSSR count). The van der Waals surface area contributed by atoms with Crippen LogP contribution in [0, 0.1) is 5.92 Å². The molecule has 0 aromatic carbocycles. The Labute approximate surface area is 74.8 Å². The van der Waals surface area contributed by atoms with Crippen LogP contribution in [0.4, 0.5) is 0 Å². The first-order valence-corrected chi connectivity index (χ1v) is 5.10. The highest BCUT2D eigenvalue weighted by molar-refractivity contribution is 4.96. The van der Waals surface area contributed by atoms with Crippen LogP contribution in [0.25, 0.3) is 0 Å². The van der Waals surface area contributed by atoms with E-state index in [-0.39, 0.29) is 5.60 Å². The zero-order valence-electron chi connectivity index (χ0n) is 7.88. The predicted octanol–water partition coefficient (Wildman–Crippen LogP) is 2.91. The monoisotopic (exact) mass is 166 g/mol. The van der Waals surface area contributed by atoms with E-state index in [0.29, 0.717) is 0 Å². The molecule has 2 aliphatic rings. The van der Waals surface area contributed by atoms with Crippen molar-refractivity contribution in [1.82, 2.24) is 0 Å². The Kier molecular flexibility index (Phi) is 2.22. The topological polar surface area (TPSA) is 9.23 Å². The van der Waals surface area contributed by atoms with Gasteiger partial charge in [-0.2, -0.15) is 0 Å². The highest BCUT2D eigenvalue weighted by Crippen LogP contribution is 2.41. The summed E-state index contributed by atoms with van der Waals surface area (Å²) in [4.78, 5) is 0. The van der Waals surface area contributed by atoms with E-state index in [4.69, 9.17) is 4.74 Å². The van der Waals surface area contributed by atoms with E-state index < -0.39 is 0 Å². The minimum Gasteiger partial charge on any atom is -0.371 e. The van der Waals surface area contributed by atoms with E-state index >= 15 is 0 Å². The van der Waals surface area contributed by atoms with Crippen molar-refractivity contribution in [3.05, 3.63) is 12.2 Å². The smallest absolute Gasteiger partial charge is 0.0692 e. The van der Waals surface area contributed by atoms with E-state index in [1.165, 1.54) is 32.1 Å². The molecule has 0 aromatic rings. The van der Waals surface area contributed by atoms with E-state index in [9.17, 15) is 0 Å². The molecule has 1 aliphatic carbocycles. The molecule has 1 saturated carbocycles. The minimum absolute atomic E-state index is 0.267. The molecule has 0 bridgehead atoms. The SMILES string of the molecule is C[C@H]1CC[C@@]2(CCC=CCO2)C1. The van der Waals surface area contributed by atoms with Crippen LogP contribution in [0.3, 0.4) is 0 Å². The molecule has 1 spiro atoms. The molecule has 1 nitrogen and oxygen atoms in total. The van der Waals surface area contributed by atoms with Gasteiger partial charge in [0.1, 0.15) is 0 Å². The second-order valence-corrected chi connectivity index (χ2v) is 4.35. The van der Waals surface area contributed by atoms with Gasteiger partial charge in [-0.1, -0.05) is 19.1 Å². The van der Waals surface area contributed by atoms with Gasteiger partial charge >= 0.3 is 0 Å². The zero-order chi connectivity index (χ0) is 8.44. The van der Waals surface area contributed by atoms with Crippen molar-refractivity contribution in [2.75, 3.05) is 6.61 Å². The summed E-state index contributed by atoms with van der Waals surface area (Å²) in [5.41, 5.74) is 0.267. The zero-order valence-corrected chi connectivity index (χ0v) is 7.88. The number of allylic oxidation sites excluding steroid dienone is 1. The molecular formula is C11H18O. The van der Waals surface area contributed by atoms with Gasteiger partial charge < -0.3 is 4.74 Å². The molecule has 0 amide bonds. The molecule has 0 saturated heterocycles. The largest absolute Gasteiger partial charge is 0.371 e. The molecule has 0 unspecified atom stereocenters. The highest BCUT2D eigenvalue weighted by Gasteiger charge is 2.37. The Morgan fingerprint density at radius 2 is 2.25 bits per heavy atom. The number of hydrogen-bond donors (Lipinski definition) is 0. The minimum atomic E-state index is 0.267. The van der Waals surface area contributed by atoms with Crippen LogP contribution < -0.4 is 0 Å². The van der Waals surface area contributed by atoms with Crippen molar-refractivity contribution in [1.29, 1.82) is 0 Å². The second-order valence-electron chi connectivity index (χ2n) is 4.35. The highest BCUT2D eigenvalue weighted by atomic mass is 16.5.